The Hall–Kier alpha value is -2.28. The van der Waals surface area contributed by atoms with E-state index in [9.17, 15) is 0 Å². The van der Waals surface area contributed by atoms with Gasteiger partial charge in [-0.25, -0.2) is 4.98 Å². The van der Waals surface area contributed by atoms with Crippen molar-refractivity contribution < 1.29 is 4.42 Å². The van der Waals surface area contributed by atoms with Crippen molar-refractivity contribution in [2.24, 2.45) is 5.92 Å². The van der Waals surface area contributed by atoms with E-state index in [1.165, 1.54) is 0 Å². The second-order valence-corrected chi connectivity index (χ2v) is 7.80. The first-order chi connectivity index (χ1) is 13.6. The molecule has 0 aliphatic heterocycles. The van der Waals surface area contributed by atoms with Gasteiger partial charge in [-0.2, -0.15) is 5.26 Å². The summed E-state index contributed by atoms with van der Waals surface area (Å²) in [7, 11) is 0. The van der Waals surface area contributed by atoms with Crippen molar-refractivity contribution >= 4 is 23.2 Å². The lowest BCUT2D eigenvalue weighted by molar-refractivity contribution is 0.484. The monoisotopic (exact) mass is 412 g/mol. The molecule has 0 fully saturated rings. The van der Waals surface area contributed by atoms with E-state index in [-0.39, 0.29) is 5.92 Å². The molecule has 0 aliphatic rings. The molecule has 28 heavy (non-hydrogen) atoms. The van der Waals surface area contributed by atoms with Gasteiger partial charge in [-0.3, -0.25) is 0 Å². The second-order valence-electron chi connectivity index (χ2n) is 6.93. The molecule has 3 aromatic rings. The SMILES string of the molecule is CC(C#N)CCCCCc1nc(-c2ccc(Cl)cc2)c(-c2ccc(Cl)cc2)o1. The summed E-state index contributed by atoms with van der Waals surface area (Å²) in [4.78, 5) is 4.76. The fourth-order valence-corrected chi connectivity index (χ4v) is 3.29. The van der Waals surface area contributed by atoms with Crippen LogP contribution in [0.25, 0.3) is 22.6 Å². The number of hydrogen-bond acceptors (Lipinski definition) is 3. The molecule has 0 spiro atoms. The van der Waals surface area contributed by atoms with Crippen LogP contribution in [0.2, 0.25) is 10.0 Å². The summed E-state index contributed by atoms with van der Waals surface area (Å²) in [5.41, 5.74) is 2.72. The zero-order valence-electron chi connectivity index (χ0n) is 15.8. The first-order valence-electron chi connectivity index (χ1n) is 9.48. The minimum Gasteiger partial charge on any atom is -0.440 e. The first-order valence-corrected chi connectivity index (χ1v) is 10.2. The molecule has 0 aliphatic carbocycles. The van der Waals surface area contributed by atoms with Gasteiger partial charge >= 0.3 is 0 Å². The largest absolute Gasteiger partial charge is 0.440 e. The summed E-state index contributed by atoms with van der Waals surface area (Å²) >= 11 is 12.1. The highest BCUT2D eigenvalue weighted by Crippen LogP contribution is 2.34. The van der Waals surface area contributed by atoms with E-state index in [0.29, 0.717) is 10.0 Å². The normalized spacial score (nSPS) is 11.9. The smallest absolute Gasteiger partial charge is 0.195 e. The van der Waals surface area contributed by atoms with Crippen LogP contribution in [0.3, 0.4) is 0 Å². The van der Waals surface area contributed by atoms with Gasteiger partial charge in [0.05, 0.1) is 6.07 Å². The molecule has 144 valence electrons. The van der Waals surface area contributed by atoms with E-state index in [1.54, 1.807) is 0 Å². The molecule has 1 unspecified atom stereocenters. The van der Waals surface area contributed by atoms with Crippen LogP contribution in [0.4, 0.5) is 0 Å². The average molecular weight is 413 g/mol. The third-order valence-electron chi connectivity index (χ3n) is 4.64. The van der Waals surface area contributed by atoms with Gasteiger partial charge < -0.3 is 4.42 Å². The van der Waals surface area contributed by atoms with Crippen molar-refractivity contribution in [3.63, 3.8) is 0 Å². The molecule has 1 aromatic heterocycles. The highest BCUT2D eigenvalue weighted by molar-refractivity contribution is 6.31. The minimum atomic E-state index is 0.120. The Morgan fingerprint density at radius 1 is 0.929 bits per heavy atom. The Balaban J connectivity index is 1.78. The van der Waals surface area contributed by atoms with Crippen molar-refractivity contribution in [3.05, 3.63) is 64.5 Å². The molecule has 1 atom stereocenters. The van der Waals surface area contributed by atoms with Gasteiger partial charge in [0.2, 0.25) is 0 Å². The number of aromatic nitrogens is 1. The number of halogens is 2. The van der Waals surface area contributed by atoms with E-state index in [0.717, 1.165) is 60.6 Å². The van der Waals surface area contributed by atoms with Crippen molar-refractivity contribution in [2.75, 3.05) is 0 Å². The Bertz CT molecular complexity index is 877. The summed E-state index contributed by atoms with van der Waals surface area (Å²) in [6.07, 6.45) is 4.80. The molecule has 2 aromatic carbocycles. The lowest BCUT2D eigenvalue weighted by Crippen LogP contribution is -1.91. The van der Waals surface area contributed by atoms with Gasteiger partial charge in [-0.1, -0.05) is 48.2 Å². The number of rotatable bonds is 8. The molecule has 0 radical (unpaired) electrons. The van der Waals surface area contributed by atoms with Crippen LogP contribution in [0, 0.1) is 17.2 Å². The molecule has 3 nitrogen and oxygen atoms in total. The molecule has 0 amide bonds. The maximum atomic E-state index is 8.86. The Morgan fingerprint density at radius 3 is 2.14 bits per heavy atom. The van der Waals surface area contributed by atoms with Crippen LogP contribution < -0.4 is 0 Å². The fraction of sp³-hybridized carbons (Fsp3) is 0.304. The Labute approximate surface area is 175 Å². The quantitative estimate of drug-likeness (QED) is 0.358. The highest BCUT2D eigenvalue weighted by Gasteiger charge is 2.17. The van der Waals surface area contributed by atoms with E-state index >= 15 is 0 Å². The van der Waals surface area contributed by atoms with E-state index < -0.39 is 0 Å². The number of unbranched alkanes of at least 4 members (excludes halogenated alkanes) is 2. The second kappa shape index (κ2) is 9.78. The molecule has 3 rings (SSSR count). The zero-order chi connectivity index (χ0) is 19.9. The Kier molecular flexibility index (Phi) is 7.14. The van der Waals surface area contributed by atoms with Gasteiger partial charge in [0.1, 0.15) is 5.69 Å². The fourth-order valence-electron chi connectivity index (χ4n) is 3.04. The number of hydrogen-bond donors (Lipinski definition) is 0. The van der Waals surface area contributed by atoms with Crippen molar-refractivity contribution in [3.8, 4) is 28.7 Å². The van der Waals surface area contributed by atoms with Gasteiger partial charge in [0.15, 0.2) is 11.7 Å². The zero-order valence-corrected chi connectivity index (χ0v) is 17.3. The van der Waals surface area contributed by atoms with Crippen LogP contribution in [0.15, 0.2) is 52.9 Å². The van der Waals surface area contributed by atoms with Crippen molar-refractivity contribution in [1.82, 2.24) is 4.98 Å². The third kappa shape index (κ3) is 5.38. The molecule has 5 heteroatoms. The maximum absolute atomic E-state index is 8.86. The van der Waals surface area contributed by atoms with Crippen LogP contribution in [-0.2, 0) is 6.42 Å². The third-order valence-corrected chi connectivity index (χ3v) is 5.15. The van der Waals surface area contributed by atoms with Gasteiger partial charge in [-0.05, 0) is 56.2 Å². The number of oxazole rings is 1. The van der Waals surface area contributed by atoms with Gasteiger partial charge in [0, 0.05) is 33.5 Å². The summed E-state index contributed by atoms with van der Waals surface area (Å²) < 4.78 is 6.13. The summed E-state index contributed by atoms with van der Waals surface area (Å²) in [5.74, 6) is 1.59. The molecule has 0 saturated heterocycles. The number of aryl methyl sites for hydroxylation is 1. The Morgan fingerprint density at radius 2 is 1.54 bits per heavy atom. The van der Waals surface area contributed by atoms with Crippen molar-refractivity contribution in [1.29, 1.82) is 5.26 Å². The molecule has 1 heterocycles. The summed E-state index contributed by atoms with van der Waals surface area (Å²) in [6, 6.07) is 17.5. The molecule has 0 bridgehead atoms. The predicted molar refractivity (Wildman–Crippen MR) is 114 cm³/mol. The molecule has 0 saturated carbocycles. The van der Waals surface area contributed by atoms with Gasteiger partial charge in [-0.15, -0.1) is 0 Å². The standard InChI is InChI=1S/C23H22Cl2N2O/c1-16(15-26)5-3-2-4-6-21-27-22(17-7-11-19(24)12-8-17)23(28-21)18-9-13-20(25)14-10-18/h7-14,16H,2-6H2,1H3. The van der Waals surface area contributed by atoms with E-state index in [4.69, 9.17) is 37.9 Å². The first kappa shape index (κ1) is 20.5. The lowest BCUT2D eigenvalue weighted by Gasteiger charge is -2.02. The van der Waals surface area contributed by atoms with Crippen LogP contribution >= 0.6 is 23.2 Å². The minimum absolute atomic E-state index is 0.120. The van der Waals surface area contributed by atoms with Gasteiger partial charge in [0.25, 0.3) is 0 Å². The number of benzene rings is 2. The van der Waals surface area contributed by atoms with Crippen LogP contribution in [0.1, 0.15) is 38.5 Å². The summed E-state index contributed by atoms with van der Waals surface area (Å²) in [5, 5.41) is 10.2. The van der Waals surface area contributed by atoms with E-state index in [2.05, 4.69) is 6.07 Å². The van der Waals surface area contributed by atoms with Crippen LogP contribution in [-0.4, -0.2) is 4.98 Å². The van der Waals surface area contributed by atoms with E-state index in [1.807, 2.05) is 55.5 Å². The summed E-state index contributed by atoms with van der Waals surface area (Å²) in [6.45, 7) is 1.96. The lowest BCUT2D eigenvalue weighted by atomic mass is 10.0. The molecular formula is C23H22Cl2N2O. The highest BCUT2D eigenvalue weighted by atomic mass is 35.5. The number of nitrogens with zero attached hydrogens (tertiary/aromatic N) is 2. The van der Waals surface area contributed by atoms with Crippen molar-refractivity contribution in [2.45, 2.75) is 39.0 Å². The maximum Gasteiger partial charge on any atom is 0.195 e. The molecule has 0 N–H and O–H groups in total. The predicted octanol–water partition coefficient (Wildman–Crippen LogP) is 7.58. The number of nitriles is 1. The molecular weight excluding hydrogens is 391 g/mol. The topological polar surface area (TPSA) is 49.8 Å². The van der Waals surface area contributed by atoms with Crippen LogP contribution in [0.5, 0.6) is 0 Å². The average Bonchev–Trinajstić information content (AvgIpc) is 3.12.